The van der Waals surface area contributed by atoms with E-state index in [4.69, 9.17) is 0 Å². The topological polar surface area (TPSA) is 337 Å². The van der Waals surface area contributed by atoms with Gasteiger partial charge in [0.05, 0.1) is 30.3 Å². The van der Waals surface area contributed by atoms with Crippen molar-refractivity contribution >= 4 is 87.4 Å². The van der Waals surface area contributed by atoms with E-state index in [1.165, 1.54) is 277 Å². The fourth-order valence-corrected chi connectivity index (χ4v) is 21.7. The molecule has 2 heterocycles. The first-order valence-corrected chi connectivity index (χ1v) is 49.9. The number of hydrogen-bond donors (Lipinski definition) is 10. The van der Waals surface area contributed by atoms with Gasteiger partial charge < -0.3 is 30.6 Å². The summed E-state index contributed by atoms with van der Waals surface area (Å²) in [6, 6.07) is 28.6. The quantitative estimate of drug-likeness (QED) is 0.0125. The van der Waals surface area contributed by atoms with Crippen molar-refractivity contribution < 1.29 is 81.7 Å². The number of nitrogens with zero attached hydrogens (tertiary/aromatic N) is 4. The third-order valence-electron chi connectivity index (χ3n) is 20.9. The molecule has 10 N–H and O–H groups in total. The molecule has 6 aromatic carbocycles. The predicted octanol–water partition coefficient (Wildman–Crippen LogP) is 19.8. The van der Waals surface area contributed by atoms with E-state index in [9.17, 15) is 64.3 Å². The molecular weight excluding hydrogens is 1640 g/mol. The van der Waals surface area contributed by atoms with Gasteiger partial charge in [0.15, 0.2) is 0 Å². The molecule has 8 rings (SSSR count). The van der Waals surface area contributed by atoms with Crippen molar-refractivity contribution in [3.05, 3.63) is 144 Å². The Kier molecular flexibility index (Phi) is 43.8. The Morgan fingerprint density at radius 2 is 0.598 bits per heavy atom. The van der Waals surface area contributed by atoms with Crippen molar-refractivity contribution in [1.82, 2.24) is 28.7 Å². The number of aromatic hydroxyl groups is 6. The first-order chi connectivity index (χ1) is 55.4. The van der Waals surface area contributed by atoms with Crippen LogP contribution in [0.4, 0.5) is 11.4 Å². The second kappa shape index (κ2) is 51.2. The Morgan fingerprint density at radius 1 is 0.350 bits per heavy atom. The number of nitrogens with one attached hydrogen (secondary N) is 4. The van der Waals surface area contributed by atoms with Crippen molar-refractivity contribution in [3.63, 3.8) is 0 Å². The summed E-state index contributed by atoms with van der Waals surface area (Å²) in [5.41, 5.74) is 1.81. The van der Waals surface area contributed by atoms with E-state index in [2.05, 4.69) is 80.2 Å². The van der Waals surface area contributed by atoms with Crippen molar-refractivity contribution in [1.29, 1.82) is 0 Å². The molecule has 2 saturated heterocycles. The van der Waals surface area contributed by atoms with E-state index in [0.29, 0.717) is 22.3 Å². The fourth-order valence-electron chi connectivity index (χ4n) is 14.5. The number of hydrogen-bond acceptors (Lipinski definition) is 20. The number of unbranched alkanes of at least 4 members (excludes halogenated alkanes) is 30. The minimum absolute atomic E-state index is 0. The molecule has 22 nitrogen and oxygen atoms in total. The normalized spacial score (nSPS) is 15.9. The van der Waals surface area contributed by atoms with Crippen LogP contribution in [0.5, 0.6) is 34.5 Å². The van der Waals surface area contributed by atoms with Gasteiger partial charge in [0.25, 0.3) is 0 Å². The second-order valence-electron chi connectivity index (χ2n) is 32.0. The largest absolute Gasteiger partial charge is 0.508 e. The zero-order valence-corrected chi connectivity index (χ0v) is 75.9. The average Bonchev–Trinajstić information content (AvgIpc) is 1.47. The molecule has 6 aromatic rings. The fraction of sp³-hybridized carbons (Fsp3) is 0.568. The third-order valence-corrected chi connectivity index (χ3v) is 29.9. The van der Waals surface area contributed by atoms with Gasteiger partial charge in [-0.1, -0.05) is 231 Å². The number of phenolic OH excluding ortho intramolecular Hbond substituents is 6. The smallest absolute Gasteiger partial charge is 0.240 e. The Morgan fingerprint density at radius 3 is 0.872 bits per heavy atom. The van der Waals surface area contributed by atoms with Crippen molar-refractivity contribution in [3.8, 4) is 34.5 Å². The van der Waals surface area contributed by atoms with Gasteiger partial charge in [0.1, 0.15) is 45.9 Å². The summed E-state index contributed by atoms with van der Waals surface area (Å²) in [6.45, 7) is 15.6. The van der Waals surface area contributed by atoms with Crippen molar-refractivity contribution in [2.24, 2.45) is 9.98 Å². The van der Waals surface area contributed by atoms with Crippen molar-refractivity contribution in [2.75, 3.05) is 52.4 Å². The molecular formula is C88H132CrN8O14S6. The predicted molar refractivity (Wildman–Crippen MR) is 475 cm³/mol. The third kappa shape index (κ3) is 35.0. The maximum absolute atomic E-state index is 13.4. The zero-order valence-electron chi connectivity index (χ0n) is 69.7. The van der Waals surface area contributed by atoms with Gasteiger partial charge in [-0.25, -0.2) is 52.6 Å². The van der Waals surface area contributed by atoms with Crippen LogP contribution in [-0.4, -0.2) is 148 Å². The molecule has 2 aliphatic rings. The van der Waals surface area contributed by atoms with Gasteiger partial charge >= 0.3 is 0 Å². The van der Waals surface area contributed by atoms with Gasteiger partial charge in [0.2, 0.25) is 40.1 Å². The maximum Gasteiger partial charge on any atom is 0.240 e. The molecule has 2 unspecified atom stereocenters. The second-order valence-corrected chi connectivity index (χ2v) is 42.6. The first-order valence-electron chi connectivity index (χ1n) is 42.2. The molecule has 0 aromatic heterocycles. The van der Waals surface area contributed by atoms with Crippen LogP contribution in [0.1, 0.15) is 280 Å². The molecule has 0 amide bonds. The van der Waals surface area contributed by atoms with Crippen LogP contribution in [0.25, 0.3) is 0 Å². The van der Waals surface area contributed by atoms with Crippen LogP contribution in [0.3, 0.4) is 0 Å². The summed E-state index contributed by atoms with van der Waals surface area (Å²) in [6.07, 6.45) is 44.6. The molecule has 0 spiro atoms. The van der Waals surface area contributed by atoms with Crippen molar-refractivity contribution in [2.45, 2.75) is 287 Å². The van der Waals surface area contributed by atoms with E-state index in [1.54, 1.807) is 59.9 Å². The van der Waals surface area contributed by atoms with E-state index in [-0.39, 0.29) is 129 Å². The monoisotopic (exact) mass is 1770 g/mol. The SMILES string of the molecule is CCCCCCCCCCCCCCCCCCN1CC(C)(C)SC1c1cc(S(=O)(=O)NCCNS(=O)(=O)c2ccc(O)c(N=Cc3ccccc3O)c2)ccc1O.CCCCCCCCCCCCCCCCCCN1CC(C)(C)SC1c1cc(S(=O)(=O)NCCNS(=O)(=O)c2ccc(O)c(N=Cc3ccccc3O)c2)ccc1O.[Cr]. The molecule has 2 aliphatic heterocycles. The number of thioether (sulfide) groups is 2. The van der Waals surface area contributed by atoms with Crippen LogP contribution >= 0.6 is 23.5 Å². The molecule has 2 atom stereocenters. The van der Waals surface area contributed by atoms with Crippen LogP contribution in [-0.2, 0) is 57.5 Å². The molecule has 0 aliphatic carbocycles. The number of rotatable bonds is 54. The Balaban J connectivity index is 0.000000360. The number of benzene rings is 6. The number of aliphatic imine (C=N–C) groups is 2. The van der Waals surface area contributed by atoms with Gasteiger partial charge in [0, 0.05) is 101 Å². The molecule has 117 heavy (non-hydrogen) atoms. The minimum atomic E-state index is -4.10. The van der Waals surface area contributed by atoms with Crippen LogP contribution < -0.4 is 18.9 Å². The maximum atomic E-state index is 13.4. The summed E-state index contributed by atoms with van der Waals surface area (Å²) in [5.74, 6) is -0.476. The number of phenols is 6. The number of sulfonamides is 4. The molecule has 29 heteroatoms. The number of para-hydroxylation sites is 2. The van der Waals surface area contributed by atoms with E-state index < -0.39 is 40.1 Å². The van der Waals surface area contributed by atoms with Crippen LogP contribution in [0, 0.1) is 0 Å². The van der Waals surface area contributed by atoms with E-state index in [0.717, 1.165) is 51.9 Å². The van der Waals surface area contributed by atoms with Gasteiger partial charge in [-0.3, -0.25) is 19.8 Å². The van der Waals surface area contributed by atoms with Crippen LogP contribution in [0.15, 0.2) is 151 Å². The summed E-state index contributed by atoms with van der Waals surface area (Å²) in [7, 11) is -16.3. The average molecular weight is 1770 g/mol. The van der Waals surface area contributed by atoms with E-state index in [1.807, 2.05) is 0 Å². The first kappa shape index (κ1) is 100. The summed E-state index contributed by atoms with van der Waals surface area (Å²) in [5, 5.41) is 61.9. The standard InChI is InChI=1S/2C44H66N4O7S3.Cr/c2*1-4-5-6-7-8-9-10-11-12-13-14-15-16-17-18-21-30-48-34-44(2,3)56-43(48)38-31-36(24-26-41(38)50)57(52,53)46-28-29-47-58(54,55)37-25-27-42(51)39(32-37)45-33-35-22-19-20-23-40(35)49;/h2*19-20,22-27,31-33,43,46-47,49-51H,4-18,21,28-30,34H2,1-3H3;. The van der Waals surface area contributed by atoms with E-state index >= 15 is 0 Å². The van der Waals surface area contributed by atoms with Gasteiger partial charge in [-0.2, -0.15) is 0 Å². The van der Waals surface area contributed by atoms with Crippen LogP contribution in [0.2, 0.25) is 0 Å². The minimum Gasteiger partial charge on any atom is -0.508 e. The molecule has 0 saturated carbocycles. The van der Waals surface area contributed by atoms with Gasteiger partial charge in [-0.05, 0) is 151 Å². The summed E-state index contributed by atoms with van der Waals surface area (Å²) >= 11 is 3.43. The molecule has 0 bridgehead atoms. The van der Waals surface area contributed by atoms with Gasteiger partial charge in [-0.15, -0.1) is 23.5 Å². The molecule has 0 radical (unpaired) electrons. The summed E-state index contributed by atoms with van der Waals surface area (Å²) in [4.78, 5) is 12.6. The Hall–Kier alpha value is -5.75. The summed E-state index contributed by atoms with van der Waals surface area (Å²) < 4.78 is 115. The zero-order chi connectivity index (χ0) is 84.0. The Bertz CT molecular complexity index is 4240. The Labute approximate surface area is 719 Å². The molecule has 2 fully saturated rings. The molecule has 650 valence electrons.